The fourth-order valence-corrected chi connectivity index (χ4v) is 3.06. The van der Waals surface area contributed by atoms with Crippen LogP contribution >= 0.6 is 0 Å². The maximum absolute atomic E-state index is 13.0. The molecule has 0 aliphatic carbocycles. The van der Waals surface area contributed by atoms with Crippen molar-refractivity contribution in [2.75, 3.05) is 5.32 Å². The molecule has 33 heavy (non-hydrogen) atoms. The Morgan fingerprint density at radius 3 is 1.73 bits per heavy atom. The summed E-state index contributed by atoms with van der Waals surface area (Å²) in [5.74, 6) is -2.86. The molecule has 9 heteroatoms. The summed E-state index contributed by atoms with van der Waals surface area (Å²) in [4.78, 5) is 24.1. The van der Waals surface area contributed by atoms with Crippen molar-refractivity contribution < 1.29 is 27.9 Å². The summed E-state index contributed by atoms with van der Waals surface area (Å²) in [7, 11) is 0. The maximum Gasteiger partial charge on any atom is 0.471 e. The SMILES string of the molecule is CC(=NNC(=O)C(O)(c1ccccc1)c1ccccc1)c1ccc(NC(=O)C(F)(F)F)cc1. The molecule has 0 aliphatic heterocycles. The molecule has 2 amide bonds. The molecule has 0 aliphatic rings. The van der Waals surface area contributed by atoms with Gasteiger partial charge < -0.3 is 10.4 Å². The predicted molar refractivity (Wildman–Crippen MR) is 117 cm³/mol. The minimum absolute atomic E-state index is 0.0413. The Balaban J connectivity index is 1.80. The Hall–Kier alpha value is -3.98. The van der Waals surface area contributed by atoms with Gasteiger partial charge >= 0.3 is 12.1 Å². The average Bonchev–Trinajstić information content (AvgIpc) is 2.82. The van der Waals surface area contributed by atoms with Crippen LogP contribution in [0, 0.1) is 0 Å². The van der Waals surface area contributed by atoms with Crippen LogP contribution in [0.15, 0.2) is 90.0 Å². The highest BCUT2D eigenvalue weighted by Gasteiger charge is 2.40. The van der Waals surface area contributed by atoms with E-state index >= 15 is 0 Å². The third-order valence-electron chi connectivity index (χ3n) is 4.85. The van der Waals surface area contributed by atoms with E-state index in [1.54, 1.807) is 72.9 Å². The van der Waals surface area contributed by atoms with E-state index in [0.29, 0.717) is 22.4 Å². The number of rotatable bonds is 6. The topological polar surface area (TPSA) is 90.8 Å². The second-order valence-corrected chi connectivity index (χ2v) is 7.11. The lowest BCUT2D eigenvalue weighted by Crippen LogP contribution is -2.43. The third kappa shape index (κ3) is 5.45. The zero-order valence-corrected chi connectivity index (χ0v) is 17.4. The van der Waals surface area contributed by atoms with Gasteiger partial charge in [-0.25, -0.2) is 5.43 Å². The monoisotopic (exact) mass is 455 g/mol. The van der Waals surface area contributed by atoms with E-state index < -0.39 is 23.6 Å². The lowest BCUT2D eigenvalue weighted by atomic mass is 9.85. The van der Waals surface area contributed by atoms with Gasteiger partial charge in [-0.2, -0.15) is 18.3 Å². The molecule has 0 unspecified atom stereocenters. The summed E-state index contributed by atoms with van der Waals surface area (Å²) in [6, 6.07) is 22.3. The van der Waals surface area contributed by atoms with Crippen LogP contribution in [0.3, 0.4) is 0 Å². The van der Waals surface area contributed by atoms with Crippen LogP contribution in [0.2, 0.25) is 0 Å². The van der Waals surface area contributed by atoms with Gasteiger partial charge in [-0.05, 0) is 35.7 Å². The van der Waals surface area contributed by atoms with Crippen molar-refractivity contribution in [2.45, 2.75) is 18.7 Å². The normalized spacial score (nSPS) is 12.2. The fraction of sp³-hybridized carbons (Fsp3) is 0.125. The summed E-state index contributed by atoms with van der Waals surface area (Å²) in [5.41, 5.74) is 1.85. The first kappa shape index (κ1) is 23.7. The molecule has 3 aromatic rings. The molecule has 0 bridgehead atoms. The lowest BCUT2D eigenvalue weighted by Gasteiger charge is -2.27. The van der Waals surface area contributed by atoms with E-state index in [1.807, 2.05) is 0 Å². The van der Waals surface area contributed by atoms with Crippen LogP contribution in [0.4, 0.5) is 18.9 Å². The number of aliphatic hydroxyl groups is 1. The van der Waals surface area contributed by atoms with Crippen molar-refractivity contribution in [2.24, 2.45) is 5.10 Å². The van der Waals surface area contributed by atoms with E-state index in [4.69, 9.17) is 0 Å². The Bertz CT molecular complexity index is 1110. The number of carbonyl (C=O) groups excluding carboxylic acids is 2. The minimum atomic E-state index is -4.99. The van der Waals surface area contributed by atoms with Crippen LogP contribution in [0.1, 0.15) is 23.6 Å². The number of halogens is 3. The van der Waals surface area contributed by atoms with Gasteiger partial charge in [0, 0.05) is 5.69 Å². The molecule has 0 radical (unpaired) electrons. The molecule has 3 N–H and O–H groups in total. The number of nitrogens with one attached hydrogen (secondary N) is 2. The van der Waals surface area contributed by atoms with Crippen molar-refractivity contribution in [1.29, 1.82) is 0 Å². The van der Waals surface area contributed by atoms with Gasteiger partial charge in [-0.3, -0.25) is 9.59 Å². The van der Waals surface area contributed by atoms with Crippen molar-refractivity contribution in [3.05, 3.63) is 102 Å². The van der Waals surface area contributed by atoms with E-state index in [2.05, 4.69) is 10.5 Å². The second-order valence-electron chi connectivity index (χ2n) is 7.11. The molecule has 3 aromatic carbocycles. The van der Waals surface area contributed by atoms with Crippen LogP contribution in [-0.2, 0) is 15.2 Å². The second kappa shape index (κ2) is 9.66. The lowest BCUT2D eigenvalue weighted by molar-refractivity contribution is -0.167. The van der Waals surface area contributed by atoms with E-state index in [0.717, 1.165) is 0 Å². The van der Waals surface area contributed by atoms with Crippen LogP contribution in [0.5, 0.6) is 0 Å². The fourth-order valence-electron chi connectivity index (χ4n) is 3.06. The predicted octanol–water partition coefficient (Wildman–Crippen LogP) is 3.96. The number of alkyl halides is 3. The van der Waals surface area contributed by atoms with E-state index in [1.165, 1.54) is 24.3 Å². The average molecular weight is 455 g/mol. The van der Waals surface area contributed by atoms with E-state index in [-0.39, 0.29) is 5.69 Å². The number of amides is 2. The van der Waals surface area contributed by atoms with Gasteiger partial charge in [0.1, 0.15) is 0 Å². The summed E-state index contributed by atoms with van der Waals surface area (Å²) < 4.78 is 37.1. The molecule has 0 saturated carbocycles. The molecule has 0 saturated heterocycles. The maximum atomic E-state index is 13.0. The summed E-state index contributed by atoms with van der Waals surface area (Å²) in [5, 5.41) is 17.2. The van der Waals surface area contributed by atoms with Gasteiger partial charge in [-0.1, -0.05) is 72.8 Å². The largest absolute Gasteiger partial charge is 0.471 e. The highest BCUT2D eigenvalue weighted by Crippen LogP contribution is 2.30. The molecule has 0 heterocycles. The highest BCUT2D eigenvalue weighted by molar-refractivity contribution is 6.01. The molecule has 170 valence electrons. The standard InChI is InChI=1S/C24H20F3N3O3/c1-16(17-12-14-20(15-13-17)28-22(32)24(25,26)27)29-30-21(31)23(33,18-8-4-2-5-9-18)19-10-6-3-7-11-19/h2-15,33H,1H3,(H,28,32)(H,30,31). The first-order chi connectivity index (χ1) is 15.6. The first-order valence-corrected chi connectivity index (χ1v) is 9.79. The number of hydrazone groups is 1. The van der Waals surface area contributed by atoms with Crippen molar-refractivity contribution >= 4 is 23.2 Å². The molecule has 0 spiro atoms. The molecule has 3 rings (SSSR count). The number of anilines is 1. The quantitative estimate of drug-likeness (QED) is 0.388. The summed E-state index contributed by atoms with van der Waals surface area (Å²) >= 11 is 0. The number of carbonyl (C=O) groups is 2. The highest BCUT2D eigenvalue weighted by atomic mass is 19.4. The van der Waals surface area contributed by atoms with Crippen molar-refractivity contribution in [3.8, 4) is 0 Å². The molecule has 0 atom stereocenters. The Morgan fingerprint density at radius 2 is 1.27 bits per heavy atom. The van der Waals surface area contributed by atoms with Crippen LogP contribution in [0.25, 0.3) is 0 Å². The van der Waals surface area contributed by atoms with Gasteiger partial charge in [0.15, 0.2) is 5.60 Å². The van der Waals surface area contributed by atoms with Crippen LogP contribution < -0.4 is 10.7 Å². The Kier molecular flexibility index (Phi) is 6.93. The van der Waals surface area contributed by atoms with Gasteiger partial charge in [0.25, 0.3) is 5.91 Å². The molecule has 0 aromatic heterocycles. The van der Waals surface area contributed by atoms with Crippen molar-refractivity contribution in [1.82, 2.24) is 5.43 Å². The Morgan fingerprint density at radius 1 is 0.788 bits per heavy atom. The molecule has 0 fully saturated rings. The van der Waals surface area contributed by atoms with E-state index in [9.17, 15) is 27.9 Å². The molecular weight excluding hydrogens is 435 g/mol. The number of hydrogen-bond acceptors (Lipinski definition) is 4. The number of nitrogens with zero attached hydrogens (tertiary/aromatic N) is 1. The van der Waals surface area contributed by atoms with Crippen molar-refractivity contribution in [3.63, 3.8) is 0 Å². The number of benzene rings is 3. The molecule has 6 nitrogen and oxygen atoms in total. The zero-order chi connectivity index (χ0) is 24.1. The third-order valence-corrected chi connectivity index (χ3v) is 4.85. The molecular formula is C24H20F3N3O3. The van der Waals surface area contributed by atoms with Gasteiger partial charge in [0.2, 0.25) is 0 Å². The van der Waals surface area contributed by atoms with Gasteiger partial charge in [0.05, 0.1) is 5.71 Å². The smallest absolute Gasteiger partial charge is 0.372 e. The summed E-state index contributed by atoms with van der Waals surface area (Å²) in [6.45, 7) is 1.58. The minimum Gasteiger partial charge on any atom is -0.372 e. The number of hydrogen-bond donors (Lipinski definition) is 3. The summed E-state index contributed by atoms with van der Waals surface area (Å²) in [6.07, 6.45) is -4.99. The van der Waals surface area contributed by atoms with Crippen LogP contribution in [-0.4, -0.2) is 28.8 Å². The Labute approximate surface area is 187 Å². The zero-order valence-electron chi connectivity index (χ0n) is 17.4. The van der Waals surface area contributed by atoms with Gasteiger partial charge in [-0.15, -0.1) is 0 Å². The first-order valence-electron chi connectivity index (χ1n) is 9.79.